The molecule has 0 rings (SSSR count). The maximum Gasteiger partial charge on any atom is 4.00 e. The number of Topliss-reactive ketones (excluding diaryl/α,β-unsaturated/α-hetero) is 4. The Hall–Kier alpha value is -0.552. The SMILES string of the molecule is CC(C)CCCCCN(C(=S)[S-])C(C(=O)CCCC(C)C)S(=O)(=O)O.CC(C)CCCCCN(C(=S)[S-])C(C(=O)CCCC(C)C)S(=O)(=O)O.CC(C)CCCCCN(C(=S)[S-])C(C(=O)CCCC(C)C)S(=O)(=O)O.CC(C)CCCCCN(C(=S)[S-])C(C(=O)CCCC(C)C)S(=O)(=O)O.[Mo+4]. The fourth-order valence-corrected chi connectivity index (χ4v) is 16.5. The van der Waals surface area contributed by atoms with Crippen LogP contribution in [0, 0.1) is 47.3 Å². The van der Waals surface area contributed by atoms with Gasteiger partial charge in [-0.3, -0.25) is 37.4 Å². The molecule has 594 valence electrons. The summed E-state index contributed by atoms with van der Waals surface area (Å²) in [5.41, 5.74) is 0. The Morgan fingerprint density at radius 3 is 0.505 bits per heavy atom. The van der Waals surface area contributed by atoms with Crippen LogP contribution in [0.3, 0.4) is 0 Å². The Balaban J connectivity index is -0.000000404. The van der Waals surface area contributed by atoms with Crippen molar-refractivity contribution in [3.8, 4) is 0 Å². The molecule has 20 nitrogen and oxygen atoms in total. The van der Waals surface area contributed by atoms with Crippen LogP contribution in [0.5, 0.6) is 0 Å². The number of nitrogens with zero attached hydrogens (tertiary/aromatic N) is 4. The van der Waals surface area contributed by atoms with E-state index in [4.69, 9.17) is 99.4 Å². The maximum atomic E-state index is 12.4. The first-order chi connectivity index (χ1) is 45.9. The van der Waals surface area contributed by atoms with E-state index in [1.54, 1.807) is 0 Å². The second-order valence-electron chi connectivity index (χ2n) is 29.3. The summed E-state index contributed by atoms with van der Waals surface area (Å²) in [6.45, 7) is 34.5. The van der Waals surface area contributed by atoms with Crippen molar-refractivity contribution in [1.29, 1.82) is 0 Å². The van der Waals surface area contributed by atoms with Crippen LogP contribution in [-0.2, 0) is 131 Å². The van der Waals surface area contributed by atoms with Gasteiger partial charge in [0.25, 0.3) is 40.5 Å². The van der Waals surface area contributed by atoms with E-state index >= 15 is 0 Å². The van der Waals surface area contributed by atoms with Crippen molar-refractivity contribution in [2.45, 2.75) is 312 Å². The molecule has 0 aromatic heterocycles. The first-order valence-electron chi connectivity index (χ1n) is 35.7. The van der Waals surface area contributed by atoms with Crippen molar-refractivity contribution in [3.05, 3.63) is 0 Å². The number of unbranched alkanes of at least 4 members (excludes halogenated alkanes) is 8. The fraction of sp³-hybridized carbons (Fsp3) is 0.882. The number of hydrogen-bond acceptors (Lipinski definition) is 20. The fourth-order valence-electron chi connectivity index (χ4n) is 10.5. The molecule has 0 aromatic rings. The zero-order valence-electron chi connectivity index (χ0n) is 63.3. The van der Waals surface area contributed by atoms with E-state index in [1.165, 1.54) is 19.6 Å². The van der Waals surface area contributed by atoms with Crippen LogP contribution in [0.4, 0.5) is 0 Å². The standard InChI is InChI=1S/4C17H33NO4S3.Mo/c4*1-13(2)9-6-5-7-12-18(17(23)24)16(25(20,21)22)15(19)11-8-10-14(3)4;/h4*13-14,16H,5-12H2,1-4H3,(H,23,24)(H,20,21,22);/q;;;;+4/p-4. The first kappa shape index (κ1) is 109. The predicted molar refractivity (Wildman–Crippen MR) is 436 cm³/mol. The monoisotopic (exact) mass is 1740 g/mol. The zero-order valence-corrected chi connectivity index (χ0v) is 75.1. The number of carbonyl (C=O) groups excluding carboxylic acids is 4. The molecule has 0 fully saturated rings. The summed E-state index contributed by atoms with van der Waals surface area (Å²) < 4.78 is 132. The average molecular weight is 1740 g/mol. The summed E-state index contributed by atoms with van der Waals surface area (Å²) in [6, 6.07) is 0. The van der Waals surface area contributed by atoms with Gasteiger partial charge >= 0.3 is 21.1 Å². The number of thiocarbonyl (C=S) groups is 4. The van der Waals surface area contributed by atoms with Gasteiger partial charge in [-0.2, -0.15) is 33.7 Å². The molecule has 0 saturated heterocycles. The summed E-state index contributed by atoms with van der Waals surface area (Å²) in [7, 11) is -18.4. The van der Waals surface area contributed by atoms with Gasteiger partial charge in [-0.15, -0.1) is 0 Å². The quantitative estimate of drug-likeness (QED) is 0.0145. The Labute approximate surface area is 671 Å². The molecule has 101 heavy (non-hydrogen) atoms. The van der Waals surface area contributed by atoms with Crippen molar-refractivity contribution in [1.82, 2.24) is 19.6 Å². The molecule has 0 heterocycles. The van der Waals surface area contributed by atoms with Crippen LogP contribution >= 0.6 is 48.9 Å². The first-order valence-corrected chi connectivity index (χ1v) is 45.0. The summed E-state index contributed by atoms with van der Waals surface area (Å²) in [5.74, 6) is 1.98. The normalized spacial score (nSPS) is 13.1. The van der Waals surface area contributed by atoms with Crippen molar-refractivity contribution in [3.63, 3.8) is 0 Å². The summed E-state index contributed by atoms with van der Waals surface area (Å²) in [6.07, 6.45) is 20.7. The molecule has 33 heteroatoms. The molecule has 4 N–H and O–H groups in total. The molecule has 0 aliphatic carbocycles. The Bertz CT molecular complexity index is 2460. The van der Waals surface area contributed by atoms with E-state index < -0.39 is 85.1 Å². The van der Waals surface area contributed by atoms with E-state index in [0.29, 0.717) is 98.7 Å². The smallest absolute Gasteiger partial charge is 0.411 e. The van der Waals surface area contributed by atoms with Crippen LogP contribution in [0.1, 0.15) is 291 Å². The average Bonchev–Trinajstić information content (AvgIpc) is 0.848. The van der Waals surface area contributed by atoms with Gasteiger partial charge in [0.2, 0.25) is 21.5 Å². The van der Waals surface area contributed by atoms with Crippen LogP contribution in [0.15, 0.2) is 0 Å². The van der Waals surface area contributed by atoms with Gasteiger partial charge in [-0.25, -0.2) is 0 Å². The molecule has 0 aliphatic rings. The molecule has 0 spiro atoms. The van der Waals surface area contributed by atoms with E-state index in [9.17, 15) is 71.1 Å². The molecule has 0 aliphatic heterocycles. The van der Waals surface area contributed by atoms with Crippen molar-refractivity contribution >= 4 is 180 Å². The van der Waals surface area contributed by atoms with Crippen molar-refractivity contribution < 1.29 is 92.1 Å². The molecule has 0 aromatic carbocycles. The minimum absolute atomic E-state index is 0. The third-order valence-corrected chi connectivity index (χ3v) is 22.0. The molecule has 0 bridgehead atoms. The minimum Gasteiger partial charge on any atom is -0.411 e. The topological polar surface area (TPSA) is 299 Å². The van der Waals surface area contributed by atoms with Crippen LogP contribution in [0.25, 0.3) is 0 Å². The molecule has 4 unspecified atom stereocenters. The van der Waals surface area contributed by atoms with E-state index in [-0.39, 0.29) is 90.2 Å². The molecule has 0 radical (unpaired) electrons. The Morgan fingerprint density at radius 1 is 0.267 bits per heavy atom. The van der Waals surface area contributed by atoms with Gasteiger partial charge in [-0.1, -0.05) is 231 Å². The molecule has 0 amide bonds. The van der Waals surface area contributed by atoms with E-state index in [0.717, 1.165) is 103 Å². The third kappa shape index (κ3) is 58.1. The number of rotatable bonds is 52. The molecule has 0 saturated carbocycles. The van der Waals surface area contributed by atoms with Crippen molar-refractivity contribution in [2.75, 3.05) is 26.2 Å². The van der Waals surface area contributed by atoms with Gasteiger partial charge in [0, 0.05) is 51.9 Å². The predicted octanol–water partition coefficient (Wildman–Crippen LogP) is 15.8. The van der Waals surface area contributed by atoms with Crippen LogP contribution < -0.4 is 0 Å². The second-order valence-corrected chi connectivity index (χ2v) is 39.3. The summed E-state index contributed by atoms with van der Waals surface area (Å²) in [5, 5.41) is -6.69. The second kappa shape index (κ2) is 59.3. The van der Waals surface area contributed by atoms with Gasteiger partial charge in [-0.05, 0) is 98.7 Å². The van der Waals surface area contributed by atoms with Gasteiger partial charge in [0.15, 0.2) is 23.1 Å². The zero-order chi connectivity index (χ0) is 78.5. The molecule has 4 atom stereocenters. The van der Waals surface area contributed by atoms with E-state index in [1.807, 2.05) is 55.4 Å². The third-order valence-electron chi connectivity index (χ3n) is 15.8. The summed E-state index contributed by atoms with van der Waals surface area (Å²) >= 11 is 39.7. The molecular weight excluding hydrogens is 1610 g/mol. The maximum absolute atomic E-state index is 12.4. The minimum atomic E-state index is -4.59. The van der Waals surface area contributed by atoms with Gasteiger partial charge in [0.05, 0.1) is 0 Å². The van der Waals surface area contributed by atoms with Crippen LogP contribution in [0.2, 0.25) is 0 Å². The van der Waals surface area contributed by atoms with Gasteiger partial charge in [0.1, 0.15) is 0 Å². The number of carbonyl (C=O) groups is 4. The Morgan fingerprint density at radius 2 is 0.396 bits per heavy atom. The molecular formula is C68H128MoN4O16S12. The number of hydrogen-bond donors (Lipinski definition) is 4. The number of ketones is 4. The Kier molecular flexibility index (Phi) is 64.1. The van der Waals surface area contributed by atoms with Crippen molar-refractivity contribution in [2.24, 2.45) is 47.3 Å². The van der Waals surface area contributed by atoms with E-state index in [2.05, 4.69) is 55.4 Å². The van der Waals surface area contributed by atoms with Gasteiger partial charge < -0.3 is 119 Å². The van der Waals surface area contributed by atoms with Crippen LogP contribution in [-0.4, -0.2) is 160 Å². The largest absolute Gasteiger partial charge is 4.00 e. The summed E-state index contributed by atoms with van der Waals surface area (Å²) in [4.78, 5) is 54.4.